The molecule has 2 N–H and O–H groups in total. The molecule has 2 aliphatic heterocycles. The number of ether oxygens (including phenoxy) is 1. The molecule has 10 rings (SSSR count). The van der Waals surface area contributed by atoms with Gasteiger partial charge in [-0.1, -0.05) is 103 Å². The lowest BCUT2D eigenvalue weighted by Gasteiger charge is -2.11. The van der Waals surface area contributed by atoms with E-state index in [2.05, 4.69) is 46.4 Å². The smallest absolute Gasteiger partial charge is 0.207 e. The van der Waals surface area contributed by atoms with Crippen LogP contribution >= 0.6 is 0 Å². The molecule has 5 heterocycles. The van der Waals surface area contributed by atoms with Crippen LogP contribution in [-0.2, 0) is 0 Å². The van der Waals surface area contributed by atoms with E-state index in [0.717, 1.165) is 55.4 Å². The second-order valence-electron chi connectivity index (χ2n) is 14.1. The summed E-state index contributed by atoms with van der Waals surface area (Å²) < 4.78 is 76.2. The monoisotopic (exact) mass is 796 g/mol. The van der Waals surface area contributed by atoms with Gasteiger partial charge in [-0.3, -0.25) is 0 Å². The fourth-order valence-corrected chi connectivity index (χ4v) is 7.72. The normalized spacial score (nSPS) is 11.9. The van der Waals surface area contributed by atoms with Gasteiger partial charge in [-0.25, -0.2) is 23.1 Å². The molecule has 8 aromatic rings. The molecule has 0 atom stereocenters. The lowest BCUT2D eigenvalue weighted by molar-refractivity contribution is 0.332. The van der Waals surface area contributed by atoms with Crippen molar-refractivity contribution in [2.45, 2.75) is 0 Å². The summed E-state index contributed by atoms with van der Waals surface area (Å²) in [5, 5.41) is 0. The molecule has 0 radical (unpaired) electrons. The van der Waals surface area contributed by atoms with E-state index in [0.29, 0.717) is 33.9 Å². The predicted octanol–water partition coefficient (Wildman–Crippen LogP) is 13.8. The molecule has 5 aromatic carbocycles. The minimum absolute atomic E-state index is 0.153. The first-order chi connectivity index (χ1) is 29.3. The summed E-state index contributed by atoms with van der Waals surface area (Å²) in [6, 6.07) is 44.4. The van der Waals surface area contributed by atoms with Crippen molar-refractivity contribution >= 4 is 46.4 Å². The third kappa shape index (κ3) is 6.35. The first kappa shape index (κ1) is 36.5. The van der Waals surface area contributed by atoms with Crippen LogP contribution < -0.4 is 4.74 Å². The van der Waals surface area contributed by atoms with Crippen molar-refractivity contribution in [3.8, 4) is 56.0 Å². The zero-order valence-corrected chi connectivity index (χ0v) is 31.3. The number of nitrogens with one attached hydrogen (secondary N) is 2. The lowest BCUT2D eigenvalue weighted by Crippen LogP contribution is -2.04. The topological polar surface area (TPSA) is 66.6 Å². The van der Waals surface area contributed by atoms with Crippen LogP contribution in [-0.4, -0.2) is 19.9 Å². The Bertz CT molecular complexity index is 3050. The average molecular weight is 797 g/mol. The third-order valence-corrected chi connectivity index (χ3v) is 10.5. The van der Waals surface area contributed by atoms with Gasteiger partial charge in [0.15, 0.2) is 0 Å². The van der Waals surface area contributed by atoms with E-state index in [4.69, 9.17) is 14.7 Å². The first-order valence-corrected chi connectivity index (χ1v) is 18.9. The summed E-state index contributed by atoms with van der Waals surface area (Å²) >= 11 is 0. The molecule has 60 heavy (non-hydrogen) atoms. The number of H-pyrrole nitrogens is 2. The van der Waals surface area contributed by atoms with Crippen molar-refractivity contribution in [2.75, 3.05) is 0 Å². The van der Waals surface area contributed by atoms with Crippen molar-refractivity contribution in [3.63, 3.8) is 0 Å². The minimum Gasteiger partial charge on any atom is -0.451 e. The number of hydrogen-bond donors (Lipinski definition) is 2. The van der Waals surface area contributed by atoms with Gasteiger partial charge in [-0.2, -0.15) is 8.78 Å². The molecule has 0 amide bonds. The Labute approximate surface area is 339 Å². The second kappa shape index (κ2) is 14.8. The number of hydrogen-bond acceptors (Lipinski definition) is 3. The van der Waals surface area contributed by atoms with Gasteiger partial charge in [-0.05, 0) is 83.0 Å². The van der Waals surface area contributed by atoms with E-state index in [1.54, 1.807) is 12.1 Å². The molecule has 0 saturated heterocycles. The first-order valence-electron chi connectivity index (χ1n) is 18.9. The fraction of sp³-hybridized carbons (Fsp3) is 0. The largest absolute Gasteiger partial charge is 0.451 e. The highest BCUT2D eigenvalue weighted by molar-refractivity contribution is 6.00. The van der Waals surface area contributed by atoms with Crippen LogP contribution in [0.1, 0.15) is 22.8 Å². The van der Waals surface area contributed by atoms with Gasteiger partial charge in [-0.15, -0.1) is 0 Å². The number of benzene rings is 5. The Balaban J connectivity index is 1.26. The zero-order valence-electron chi connectivity index (χ0n) is 31.3. The minimum atomic E-state index is -2.27. The van der Waals surface area contributed by atoms with Gasteiger partial charge in [0.1, 0.15) is 5.75 Å². The molecule has 5 nitrogen and oxygen atoms in total. The van der Waals surface area contributed by atoms with Crippen molar-refractivity contribution in [1.29, 1.82) is 0 Å². The Morgan fingerprint density at radius 3 is 1.08 bits per heavy atom. The number of fused-ring (bicyclic) bond motifs is 8. The van der Waals surface area contributed by atoms with Crippen LogP contribution in [0.25, 0.3) is 90.9 Å². The van der Waals surface area contributed by atoms with Gasteiger partial charge < -0.3 is 14.7 Å². The van der Waals surface area contributed by atoms with Crippen LogP contribution in [0.3, 0.4) is 0 Å². The fourth-order valence-electron chi connectivity index (χ4n) is 7.72. The van der Waals surface area contributed by atoms with Crippen LogP contribution in [0, 0.1) is 29.1 Å². The van der Waals surface area contributed by atoms with Gasteiger partial charge in [0.2, 0.25) is 34.8 Å². The molecule has 290 valence electrons. The lowest BCUT2D eigenvalue weighted by atomic mass is 10.0. The molecule has 0 saturated carbocycles. The van der Waals surface area contributed by atoms with E-state index < -0.39 is 34.8 Å². The SMILES string of the molecule is Fc1c(F)c(F)c(Oc2ccc(-c3c4nc(c(-c5ccccc5)c5ccc([nH]5)c(-c5ccccc5)c5ccc([nH]5)c(-c5ccccc5)c5nc3C=C5)C=C4)cc2)c(F)c1F. The van der Waals surface area contributed by atoms with E-state index in [9.17, 15) is 22.0 Å². The van der Waals surface area contributed by atoms with Gasteiger partial charge in [0, 0.05) is 44.3 Å². The molecule has 0 fully saturated rings. The van der Waals surface area contributed by atoms with Crippen molar-refractivity contribution in [3.05, 3.63) is 191 Å². The molecule has 10 heteroatoms. The summed E-state index contributed by atoms with van der Waals surface area (Å²) in [5.41, 5.74) is 12.8. The van der Waals surface area contributed by atoms with Crippen molar-refractivity contribution in [2.24, 2.45) is 0 Å². The predicted molar refractivity (Wildman–Crippen MR) is 227 cm³/mol. The molecular weight excluding hydrogens is 768 g/mol. The molecule has 0 spiro atoms. The van der Waals surface area contributed by atoms with E-state index >= 15 is 0 Å². The van der Waals surface area contributed by atoms with Gasteiger partial charge in [0.05, 0.1) is 22.8 Å². The maximum atomic E-state index is 14.6. The highest BCUT2D eigenvalue weighted by atomic mass is 19.2. The highest BCUT2D eigenvalue weighted by Gasteiger charge is 2.28. The Morgan fingerprint density at radius 1 is 0.333 bits per heavy atom. The molecule has 0 aliphatic carbocycles. The number of aromatic amines is 2. The summed E-state index contributed by atoms with van der Waals surface area (Å²) in [5.74, 6) is -12.2. The van der Waals surface area contributed by atoms with Crippen LogP contribution in [0.4, 0.5) is 22.0 Å². The summed E-state index contributed by atoms with van der Waals surface area (Å²) in [6.07, 6.45) is 7.70. The molecule has 3 aromatic heterocycles. The number of aromatic nitrogens is 4. The Morgan fingerprint density at radius 2 is 0.667 bits per heavy atom. The third-order valence-electron chi connectivity index (χ3n) is 10.5. The average Bonchev–Trinajstić information content (AvgIpc) is 4.14. The summed E-state index contributed by atoms with van der Waals surface area (Å²) in [7, 11) is 0. The van der Waals surface area contributed by atoms with Crippen LogP contribution in [0.5, 0.6) is 11.5 Å². The number of halogens is 5. The number of nitrogens with zero attached hydrogens (tertiary/aromatic N) is 2. The van der Waals surface area contributed by atoms with E-state index in [1.807, 2.05) is 103 Å². The van der Waals surface area contributed by atoms with Crippen molar-refractivity contribution < 1.29 is 26.7 Å². The summed E-state index contributed by atoms with van der Waals surface area (Å²) in [6.45, 7) is 0. The van der Waals surface area contributed by atoms with Crippen molar-refractivity contribution in [1.82, 2.24) is 19.9 Å². The molecule has 8 bridgehead atoms. The standard InChI is InChI=1S/C50H29F5N4O/c51-45-46(52)48(54)50(49(55)47(45)53)60-32-18-16-31(17-19-32)44-39-26-24-37(58-39)42(29-12-6-2-7-13-29)35-22-20-33(56-35)41(28-10-4-1-5-11-28)34-21-23-36(57-34)43(30-14-8-3-9-15-30)38-25-27-40(44)59-38/h1-27,56-57H. The van der Waals surface area contributed by atoms with Crippen LogP contribution in [0.15, 0.2) is 140 Å². The molecular formula is C50H29F5N4O. The Hall–Kier alpha value is -7.85. The maximum absolute atomic E-state index is 14.6. The van der Waals surface area contributed by atoms with E-state index in [1.165, 1.54) is 12.1 Å². The molecule has 0 unspecified atom stereocenters. The Kier molecular flexibility index (Phi) is 9.02. The molecule has 2 aliphatic rings. The quantitative estimate of drug-likeness (QED) is 0.100. The maximum Gasteiger partial charge on any atom is 0.207 e. The zero-order chi connectivity index (χ0) is 40.9. The van der Waals surface area contributed by atoms with Crippen LogP contribution in [0.2, 0.25) is 0 Å². The summed E-state index contributed by atoms with van der Waals surface area (Å²) in [4.78, 5) is 17.9. The highest BCUT2D eigenvalue weighted by Crippen LogP contribution is 2.40. The van der Waals surface area contributed by atoms with Gasteiger partial charge >= 0.3 is 0 Å². The van der Waals surface area contributed by atoms with E-state index in [-0.39, 0.29) is 5.75 Å². The number of rotatable bonds is 6. The van der Waals surface area contributed by atoms with Gasteiger partial charge in [0.25, 0.3) is 0 Å². The second-order valence-corrected chi connectivity index (χ2v) is 14.1.